The highest BCUT2D eigenvalue weighted by Gasteiger charge is 2.22. The Balaban J connectivity index is 4.52. The predicted molar refractivity (Wildman–Crippen MR) is 98.4 cm³/mol. The van der Waals surface area contributed by atoms with Gasteiger partial charge in [-0.1, -0.05) is 33.1 Å². The summed E-state index contributed by atoms with van der Waals surface area (Å²) in [4.78, 5) is 34.6. The molecule has 0 unspecified atom stereocenters. The summed E-state index contributed by atoms with van der Waals surface area (Å²) in [6, 6.07) is -0.695. The van der Waals surface area contributed by atoms with Crippen molar-refractivity contribution in [3.8, 4) is 0 Å². The SMILES string of the molecule is CC[C@H](C)C(=O)N[C@@H](CCCNC(=N)N[N+](=O)[O-])C(=O)N[CH]CC(C)C. The van der Waals surface area contributed by atoms with Crippen LogP contribution >= 0.6 is 0 Å². The van der Waals surface area contributed by atoms with Gasteiger partial charge in [0.05, 0.1) is 0 Å². The molecule has 0 aromatic heterocycles. The van der Waals surface area contributed by atoms with E-state index in [9.17, 15) is 19.7 Å². The molecule has 2 atom stereocenters. The number of hydrazine groups is 1. The van der Waals surface area contributed by atoms with E-state index >= 15 is 0 Å². The minimum Gasteiger partial charge on any atom is -0.352 e. The van der Waals surface area contributed by atoms with E-state index in [-0.39, 0.29) is 24.3 Å². The quantitative estimate of drug-likeness (QED) is 0.113. The van der Waals surface area contributed by atoms with Crippen molar-refractivity contribution in [2.45, 2.75) is 59.4 Å². The van der Waals surface area contributed by atoms with Crippen LogP contribution in [0.25, 0.3) is 0 Å². The standard InChI is InChI=1S/C16H31N6O4/c1-5-12(4)14(23)20-13(15(24)18-10-8-11(2)3)7-6-9-19-16(17)21-22(25)26/h10-13H,5-9H2,1-4H3,(H,18,24)(H,20,23)(H3,17,19,21)/t12-,13-/m0/s1. The molecule has 0 aliphatic heterocycles. The molecule has 0 rings (SSSR count). The topological polar surface area (TPSA) is 149 Å². The number of nitro groups is 1. The second-order valence-electron chi connectivity index (χ2n) is 6.53. The van der Waals surface area contributed by atoms with E-state index in [0.29, 0.717) is 25.2 Å². The van der Waals surface area contributed by atoms with Crippen LogP contribution in [0.3, 0.4) is 0 Å². The Morgan fingerprint density at radius 2 is 1.88 bits per heavy atom. The molecular weight excluding hydrogens is 340 g/mol. The highest BCUT2D eigenvalue weighted by atomic mass is 16.7. The first-order valence-corrected chi connectivity index (χ1v) is 8.83. The van der Waals surface area contributed by atoms with Crippen LogP contribution in [0.15, 0.2) is 0 Å². The van der Waals surface area contributed by atoms with Crippen LogP contribution in [0.5, 0.6) is 0 Å². The summed E-state index contributed by atoms with van der Waals surface area (Å²) < 4.78 is 0. The molecule has 0 spiro atoms. The maximum Gasteiger partial charge on any atom is 0.251 e. The van der Waals surface area contributed by atoms with Gasteiger partial charge in [-0.15, -0.1) is 0 Å². The largest absolute Gasteiger partial charge is 0.352 e. The van der Waals surface area contributed by atoms with Gasteiger partial charge in [0.15, 0.2) is 5.03 Å². The first-order chi connectivity index (χ1) is 12.2. The van der Waals surface area contributed by atoms with Crippen LogP contribution < -0.4 is 21.4 Å². The summed E-state index contributed by atoms with van der Waals surface area (Å²) in [7, 11) is 0. The van der Waals surface area contributed by atoms with Crippen molar-refractivity contribution in [3.05, 3.63) is 16.7 Å². The lowest BCUT2D eigenvalue weighted by molar-refractivity contribution is -0.525. The molecule has 0 saturated heterocycles. The van der Waals surface area contributed by atoms with E-state index in [2.05, 4.69) is 16.0 Å². The highest BCUT2D eigenvalue weighted by Crippen LogP contribution is 2.05. The minimum atomic E-state index is -0.831. The first kappa shape index (κ1) is 23.6. The average molecular weight is 371 g/mol. The number of hydrogen-bond acceptors (Lipinski definition) is 5. The molecule has 0 heterocycles. The van der Waals surface area contributed by atoms with Gasteiger partial charge < -0.3 is 16.0 Å². The van der Waals surface area contributed by atoms with Crippen LogP contribution in [-0.4, -0.2) is 35.4 Å². The number of nitrogens with one attached hydrogen (secondary N) is 5. The van der Waals surface area contributed by atoms with Crippen LogP contribution in [0.2, 0.25) is 0 Å². The molecular formula is C16H31N6O4. The molecule has 0 aliphatic carbocycles. The Labute approximate surface area is 154 Å². The molecule has 0 fully saturated rings. The summed E-state index contributed by atoms with van der Waals surface area (Å²) in [5.74, 6) is -0.689. The van der Waals surface area contributed by atoms with Crippen molar-refractivity contribution in [2.24, 2.45) is 11.8 Å². The molecule has 0 aromatic carbocycles. The first-order valence-electron chi connectivity index (χ1n) is 8.83. The number of amides is 2. The van der Waals surface area contributed by atoms with Gasteiger partial charge in [-0.2, -0.15) is 0 Å². The smallest absolute Gasteiger partial charge is 0.251 e. The second-order valence-corrected chi connectivity index (χ2v) is 6.53. The fourth-order valence-corrected chi connectivity index (χ4v) is 1.91. The van der Waals surface area contributed by atoms with Crippen LogP contribution in [-0.2, 0) is 9.59 Å². The minimum absolute atomic E-state index is 0.188. The molecule has 0 saturated carbocycles. The van der Waals surface area contributed by atoms with Gasteiger partial charge in [-0.05, 0) is 31.6 Å². The normalized spacial score (nSPS) is 12.8. The lowest BCUT2D eigenvalue weighted by Gasteiger charge is -2.20. The van der Waals surface area contributed by atoms with E-state index in [1.165, 1.54) is 0 Å². The second kappa shape index (κ2) is 12.9. The molecule has 26 heavy (non-hydrogen) atoms. The number of carbonyl (C=O) groups is 2. The predicted octanol–water partition coefficient (Wildman–Crippen LogP) is 0.927. The lowest BCUT2D eigenvalue weighted by Crippen LogP contribution is -2.48. The summed E-state index contributed by atoms with van der Waals surface area (Å²) in [5.41, 5.74) is 1.69. The zero-order valence-corrected chi connectivity index (χ0v) is 15.9. The fourth-order valence-electron chi connectivity index (χ4n) is 1.91. The van der Waals surface area contributed by atoms with Gasteiger partial charge in [0.1, 0.15) is 6.04 Å². The van der Waals surface area contributed by atoms with E-state index in [0.717, 1.165) is 6.42 Å². The number of guanidine groups is 1. The van der Waals surface area contributed by atoms with Gasteiger partial charge in [-0.25, -0.2) is 10.1 Å². The molecule has 0 aromatic rings. The molecule has 0 bridgehead atoms. The maximum absolute atomic E-state index is 12.3. The molecule has 1 radical (unpaired) electrons. The summed E-state index contributed by atoms with van der Waals surface area (Å²) in [6.45, 7) is 9.70. The van der Waals surface area contributed by atoms with Gasteiger partial charge >= 0.3 is 0 Å². The fraction of sp³-hybridized carbons (Fsp3) is 0.750. The van der Waals surface area contributed by atoms with Gasteiger partial charge in [0, 0.05) is 19.0 Å². The van der Waals surface area contributed by atoms with Crippen molar-refractivity contribution < 1.29 is 14.6 Å². The van der Waals surface area contributed by atoms with E-state index < -0.39 is 17.0 Å². The molecule has 2 amide bonds. The molecule has 10 nitrogen and oxygen atoms in total. The van der Waals surface area contributed by atoms with Crippen molar-refractivity contribution in [1.29, 1.82) is 5.41 Å². The zero-order chi connectivity index (χ0) is 20.1. The monoisotopic (exact) mass is 371 g/mol. The Morgan fingerprint density at radius 3 is 2.42 bits per heavy atom. The average Bonchev–Trinajstić information content (AvgIpc) is 2.55. The third kappa shape index (κ3) is 11.2. The Morgan fingerprint density at radius 1 is 1.23 bits per heavy atom. The van der Waals surface area contributed by atoms with Crippen molar-refractivity contribution in [2.75, 3.05) is 6.54 Å². The molecule has 149 valence electrons. The van der Waals surface area contributed by atoms with Crippen molar-refractivity contribution in [1.82, 2.24) is 21.4 Å². The van der Waals surface area contributed by atoms with Gasteiger partial charge in [-0.3, -0.25) is 15.0 Å². The Bertz CT molecular complexity index is 483. The molecule has 5 N–H and O–H groups in total. The highest BCUT2D eigenvalue weighted by molar-refractivity contribution is 5.88. The summed E-state index contributed by atoms with van der Waals surface area (Å²) in [6.07, 6.45) is 2.20. The van der Waals surface area contributed by atoms with Crippen molar-refractivity contribution >= 4 is 17.8 Å². The van der Waals surface area contributed by atoms with Gasteiger partial charge in [0.25, 0.3) is 5.96 Å². The third-order valence-electron chi connectivity index (χ3n) is 3.70. The molecule has 10 heteroatoms. The van der Waals surface area contributed by atoms with E-state index in [1.807, 2.05) is 20.8 Å². The Hall–Kier alpha value is -2.39. The zero-order valence-electron chi connectivity index (χ0n) is 15.9. The van der Waals surface area contributed by atoms with Gasteiger partial charge in [0.2, 0.25) is 11.8 Å². The third-order valence-corrected chi connectivity index (χ3v) is 3.70. The van der Waals surface area contributed by atoms with Crippen LogP contribution in [0.1, 0.15) is 53.4 Å². The summed E-state index contributed by atoms with van der Waals surface area (Å²) in [5, 5.41) is 24.7. The Kier molecular flexibility index (Phi) is 11.7. The number of rotatable bonds is 12. The van der Waals surface area contributed by atoms with Crippen LogP contribution in [0.4, 0.5) is 0 Å². The summed E-state index contributed by atoms with van der Waals surface area (Å²) >= 11 is 0. The van der Waals surface area contributed by atoms with E-state index in [1.54, 1.807) is 18.9 Å². The lowest BCUT2D eigenvalue weighted by atomic mass is 10.1. The number of nitrogens with zero attached hydrogens (tertiary/aromatic N) is 1. The van der Waals surface area contributed by atoms with Crippen LogP contribution in [0, 0.1) is 33.9 Å². The van der Waals surface area contributed by atoms with E-state index in [4.69, 9.17) is 5.41 Å². The molecule has 0 aliphatic rings. The number of hydrogen-bond donors (Lipinski definition) is 5. The maximum atomic E-state index is 12.3. The van der Waals surface area contributed by atoms with Crippen molar-refractivity contribution in [3.63, 3.8) is 0 Å². The number of carbonyl (C=O) groups excluding carboxylic acids is 2.